The second-order valence-electron chi connectivity index (χ2n) is 5.07. The highest BCUT2D eigenvalue weighted by Crippen LogP contribution is 2.38. The lowest BCUT2D eigenvalue weighted by Gasteiger charge is -2.25. The van der Waals surface area contributed by atoms with Gasteiger partial charge in [0.05, 0.1) is 18.5 Å². The van der Waals surface area contributed by atoms with Crippen LogP contribution in [0.25, 0.3) is 11.2 Å². The number of nitrogen functional groups attached to an aromatic ring is 1. The highest BCUT2D eigenvalue weighted by atomic mass is 31.2. The fraction of sp³-hybridized carbons (Fsp3) is 0.545. The van der Waals surface area contributed by atoms with Crippen molar-refractivity contribution >= 4 is 24.8 Å². The van der Waals surface area contributed by atoms with Gasteiger partial charge in [0.25, 0.3) is 7.82 Å². The van der Waals surface area contributed by atoms with Crippen molar-refractivity contribution in [2.75, 3.05) is 5.73 Å². The van der Waals surface area contributed by atoms with Crippen molar-refractivity contribution in [1.29, 1.82) is 0 Å². The maximum Gasteiger partial charge on any atom is 0.265 e. The predicted molar refractivity (Wildman–Crippen MR) is 73.3 cm³/mol. The number of nitrogens with two attached hydrogens (primary N) is 1. The van der Waals surface area contributed by atoms with Crippen molar-refractivity contribution < 1.29 is 23.6 Å². The van der Waals surface area contributed by atoms with Gasteiger partial charge in [-0.05, 0) is 19.8 Å². The van der Waals surface area contributed by atoms with Crippen LogP contribution in [0.3, 0.4) is 0 Å². The molecule has 120 valence electrons. The summed E-state index contributed by atoms with van der Waals surface area (Å²) in [5.74, 6) is 0.280. The number of phosphoric acid groups is 1. The fourth-order valence-electron chi connectivity index (χ4n) is 2.55. The number of nitrogens with zero attached hydrogens (tertiary/aromatic N) is 4. The average molecular weight is 328 g/mol. The lowest BCUT2D eigenvalue weighted by Crippen LogP contribution is -2.27. The topological polar surface area (TPSA) is 148 Å². The van der Waals surface area contributed by atoms with Crippen molar-refractivity contribution in [3.63, 3.8) is 0 Å². The number of hydrogen-bond acceptors (Lipinski definition) is 8. The fourth-order valence-corrected chi connectivity index (χ4v) is 3.11. The first-order chi connectivity index (χ1) is 10.3. The number of rotatable bonds is 4. The minimum Gasteiger partial charge on any atom is -0.756 e. The highest BCUT2D eigenvalue weighted by molar-refractivity contribution is 7.44. The molecule has 3 N–H and O–H groups in total. The Bertz CT molecular complexity index is 731. The quantitative estimate of drug-likeness (QED) is 0.737. The van der Waals surface area contributed by atoms with Gasteiger partial charge in [-0.15, -0.1) is 0 Å². The number of fused-ring (bicyclic) bond motifs is 1. The van der Waals surface area contributed by atoms with Crippen LogP contribution < -0.4 is 10.6 Å². The molecule has 1 saturated heterocycles. The molecule has 0 aliphatic carbocycles. The van der Waals surface area contributed by atoms with Gasteiger partial charge in [0.1, 0.15) is 18.1 Å². The van der Waals surface area contributed by atoms with Crippen molar-refractivity contribution in [2.45, 2.75) is 38.2 Å². The molecule has 0 bridgehead atoms. The monoisotopic (exact) mass is 328 g/mol. The number of imidazole rings is 1. The van der Waals surface area contributed by atoms with Crippen LogP contribution in [-0.2, 0) is 13.8 Å². The number of ether oxygens (including phenoxy) is 1. The first kappa shape index (κ1) is 15.3. The van der Waals surface area contributed by atoms with E-state index in [1.54, 1.807) is 10.9 Å². The molecule has 10 nitrogen and oxygen atoms in total. The van der Waals surface area contributed by atoms with E-state index in [-0.39, 0.29) is 12.0 Å². The molecule has 2 aromatic heterocycles. The van der Waals surface area contributed by atoms with Gasteiger partial charge in [0.2, 0.25) is 0 Å². The van der Waals surface area contributed by atoms with E-state index in [1.165, 1.54) is 13.3 Å². The molecule has 3 heterocycles. The molecule has 1 aliphatic heterocycles. The Morgan fingerprint density at radius 3 is 3.05 bits per heavy atom. The smallest absolute Gasteiger partial charge is 0.265 e. The van der Waals surface area contributed by atoms with Crippen LogP contribution in [0.4, 0.5) is 5.82 Å². The van der Waals surface area contributed by atoms with E-state index in [1.807, 2.05) is 0 Å². The van der Waals surface area contributed by atoms with Crippen LogP contribution in [-0.4, -0.2) is 36.6 Å². The van der Waals surface area contributed by atoms with E-state index in [9.17, 15) is 9.46 Å². The summed E-state index contributed by atoms with van der Waals surface area (Å²) in [6.07, 6.45) is 2.49. The van der Waals surface area contributed by atoms with Crippen molar-refractivity contribution in [3.05, 3.63) is 12.7 Å². The Labute approximate surface area is 125 Å². The van der Waals surface area contributed by atoms with Crippen molar-refractivity contribution in [1.82, 2.24) is 19.5 Å². The number of hydrogen-bond donors (Lipinski definition) is 2. The second kappa shape index (κ2) is 5.56. The summed E-state index contributed by atoms with van der Waals surface area (Å²) in [5, 5.41) is 0. The van der Waals surface area contributed by atoms with E-state index in [0.29, 0.717) is 24.0 Å². The molecular formula is C11H15N5O5P-. The normalized spacial score (nSPS) is 26.1. The van der Waals surface area contributed by atoms with Gasteiger partial charge < -0.3 is 24.8 Å². The van der Waals surface area contributed by atoms with Gasteiger partial charge in [-0.1, -0.05) is 0 Å². The minimum absolute atomic E-state index is 0.280. The lowest BCUT2D eigenvalue weighted by atomic mass is 10.1. The van der Waals surface area contributed by atoms with Gasteiger partial charge >= 0.3 is 0 Å². The van der Waals surface area contributed by atoms with E-state index < -0.39 is 20.0 Å². The zero-order valence-electron chi connectivity index (χ0n) is 11.7. The Kier molecular flexibility index (Phi) is 3.87. The Morgan fingerprint density at radius 2 is 2.32 bits per heavy atom. The van der Waals surface area contributed by atoms with E-state index in [4.69, 9.17) is 15.4 Å². The zero-order valence-corrected chi connectivity index (χ0v) is 12.6. The number of aromatic nitrogens is 4. The SMILES string of the molecule is C[C@H](OP(=O)([O-])O)[C@@H]1CC[C@H](n2cnc3c(N)ncnc32)O1. The molecule has 4 atom stereocenters. The van der Waals surface area contributed by atoms with Crippen LogP contribution in [0.15, 0.2) is 12.7 Å². The Morgan fingerprint density at radius 1 is 1.55 bits per heavy atom. The molecule has 0 amide bonds. The summed E-state index contributed by atoms with van der Waals surface area (Å²) in [7, 11) is -4.79. The van der Waals surface area contributed by atoms with Crippen LogP contribution in [0.5, 0.6) is 0 Å². The first-order valence-electron chi connectivity index (χ1n) is 6.66. The van der Waals surface area contributed by atoms with Crippen molar-refractivity contribution in [3.8, 4) is 0 Å². The molecular weight excluding hydrogens is 313 g/mol. The standard InChI is InChI=1S/C11H16N5O5P/c1-6(21-22(17,18)19)7-2-3-8(20-7)16-5-15-9-10(12)13-4-14-11(9)16/h4-8H,2-3H2,1H3,(H2,12,13,14)(H2,17,18,19)/p-1/t6-,7-,8+/m0/s1. The summed E-state index contributed by atoms with van der Waals surface area (Å²) >= 11 is 0. The zero-order chi connectivity index (χ0) is 15.9. The molecule has 0 spiro atoms. The molecule has 1 aliphatic rings. The van der Waals surface area contributed by atoms with Gasteiger partial charge in [0, 0.05) is 0 Å². The van der Waals surface area contributed by atoms with Crippen LogP contribution in [0, 0.1) is 0 Å². The Balaban J connectivity index is 1.77. The second-order valence-corrected chi connectivity index (χ2v) is 6.22. The molecule has 0 saturated carbocycles. The van der Waals surface area contributed by atoms with Gasteiger partial charge in [-0.3, -0.25) is 9.13 Å². The molecule has 0 radical (unpaired) electrons. The van der Waals surface area contributed by atoms with Crippen LogP contribution in [0.2, 0.25) is 0 Å². The van der Waals surface area contributed by atoms with E-state index in [0.717, 1.165) is 0 Å². The summed E-state index contributed by atoms with van der Waals surface area (Å²) in [5.41, 5.74) is 6.76. The van der Waals surface area contributed by atoms with Crippen LogP contribution in [0.1, 0.15) is 26.0 Å². The molecule has 22 heavy (non-hydrogen) atoms. The van der Waals surface area contributed by atoms with Crippen molar-refractivity contribution in [2.24, 2.45) is 0 Å². The van der Waals surface area contributed by atoms with Gasteiger partial charge in [-0.25, -0.2) is 15.0 Å². The lowest BCUT2D eigenvalue weighted by molar-refractivity contribution is -0.227. The maximum absolute atomic E-state index is 10.8. The third-order valence-corrected chi connectivity index (χ3v) is 4.15. The summed E-state index contributed by atoms with van der Waals surface area (Å²) in [6.45, 7) is 1.53. The summed E-state index contributed by atoms with van der Waals surface area (Å²) in [6, 6.07) is 0. The third kappa shape index (κ3) is 2.96. The molecule has 0 aromatic carbocycles. The van der Waals surface area contributed by atoms with E-state index >= 15 is 0 Å². The van der Waals surface area contributed by atoms with E-state index in [2.05, 4.69) is 19.5 Å². The molecule has 2 aromatic rings. The molecule has 3 rings (SSSR count). The van der Waals surface area contributed by atoms with Gasteiger partial charge in [-0.2, -0.15) is 0 Å². The predicted octanol–water partition coefficient (Wildman–Crippen LogP) is -0.0481. The highest BCUT2D eigenvalue weighted by Gasteiger charge is 2.33. The number of phosphoric ester groups is 1. The number of anilines is 1. The summed E-state index contributed by atoms with van der Waals surface area (Å²) in [4.78, 5) is 31.7. The third-order valence-electron chi connectivity index (χ3n) is 3.55. The molecule has 11 heteroatoms. The first-order valence-corrected chi connectivity index (χ1v) is 8.15. The van der Waals surface area contributed by atoms with Gasteiger partial charge in [0.15, 0.2) is 11.5 Å². The largest absolute Gasteiger partial charge is 0.756 e. The maximum atomic E-state index is 10.8. The molecule has 1 fully saturated rings. The Hall–Kier alpha value is -1.58. The molecule has 1 unspecified atom stereocenters. The minimum atomic E-state index is -4.79. The summed E-state index contributed by atoms with van der Waals surface area (Å²) < 4.78 is 22.8. The average Bonchev–Trinajstić information content (AvgIpc) is 3.03. The van der Waals surface area contributed by atoms with Crippen LogP contribution >= 0.6 is 7.82 Å².